The van der Waals surface area contributed by atoms with Crippen molar-refractivity contribution in [2.75, 3.05) is 5.73 Å². The molecule has 1 amide bonds. The fourth-order valence-corrected chi connectivity index (χ4v) is 3.46. The molecule has 0 radical (unpaired) electrons. The van der Waals surface area contributed by atoms with Crippen molar-refractivity contribution in [3.8, 4) is 0 Å². The van der Waals surface area contributed by atoms with Crippen LogP contribution in [0.25, 0.3) is 11.0 Å². The number of hydrogen-bond donors (Lipinski definition) is 3. The molecule has 0 aromatic carbocycles. The summed E-state index contributed by atoms with van der Waals surface area (Å²) < 4.78 is 2.13. The monoisotopic (exact) mass is 287 g/mol. The Morgan fingerprint density at radius 3 is 2.90 bits per heavy atom. The third kappa shape index (κ3) is 1.91. The van der Waals surface area contributed by atoms with Crippen molar-refractivity contribution in [3.05, 3.63) is 17.6 Å². The smallest absolute Gasteiger partial charge is 0.404 e. The second kappa shape index (κ2) is 4.34. The van der Waals surface area contributed by atoms with Gasteiger partial charge in [-0.2, -0.15) is 0 Å². The van der Waals surface area contributed by atoms with E-state index in [1.807, 2.05) is 0 Å². The third-order valence-corrected chi connectivity index (χ3v) is 4.46. The quantitative estimate of drug-likeness (QED) is 0.775. The molecule has 2 aromatic rings. The molecule has 1 saturated carbocycles. The van der Waals surface area contributed by atoms with Crippen LogP contribution in [0.5, 0.6) is 0 Å². The van der Waals surface area contributed by atoms with Crippen LogP contribution in [0.2, 0.25) is 0 Å². The Hall–Kier alpha value is -2.31. The van der Waals surface area contributed by atoms with Gasteiger partial charge >= 0.3 is 6.09 Å². The average molecular weight is 287 g/mol. The van der Waals surface area contributed by atoms with E-state index < -0.39 is 6.09 Å². The Morgan fingerprint density at radius 1 is 1.38 bits per heavy atom. The Morgan fingerprint density at radius 2 is 2.19 bits per heavy atom. The van der Waals surface area contributed by atoms with Crippen LogP contribution in [-0.4, -0.2) is 31.8 Å². The highest BCUT2D eigenvalue weighted by molar-refractivity contribution is 5.92. The van der Waals surface area contributed by atoms with Crippen LogP contribution >= 0.6 is 0 Å². The van der Waals surface area contributed by atoms with Gasteiger partial charge in [0.25, 0.3) is 0 Å². The van der Waals surface area contributed by atoms with E-state index in [1.54, 1.807) is 0 Å². The van der Waals surface area contributed by atoms with Crippen LogP contribution in [0.1, 0.15) is 36.4 Å². The number of nitrogen functional groups attached to an aromatic ring is 1. The predicted molar refractivity (Wildman–Crippen MR) is 77.2 cm³/mol. The van der Waals surface area contributed by atoms with Crippen LogP contribution in [0, 0.1) is 0 Å². The number of carbonyl (C=O) groups is 1. The van der Waals surface area contributed by atoms with Gasteiger partial charge in [0.15, 0.2) is 0 Å². The van der Waals surface area contributed by atoms with Crippen LogP contribution in [0.4, 0.5) is 10.6 Å². The van der Waals surface area contributed by atoms with Crippen LogP contribution in [-0.2, 0) is 13.0 Å². The first-order chi connectivity index (χ1) is 10.1. The number of nitrogens with one attached hydrogen (secondary N) is 1. The largest absolute Gasteiger partial charge is 0.465 e. The zero-order chi connectivity index (χ0) is 14.6. The number of nitrogens with zero attached hydrogens (tertiary/aromatic N) is 3. The number of fused-ring (bicyclic) bond motifs is 3. The van der Waals surface area contributed by atoms with Crippen LogP contribution in [0.3, 0.4) is 0 Å². The minimum atomic E-state index is -0.975. The predicted octanol–water partition coefficient (Wildman–Crippen LogP) is 1.47. The molecule has 3 heterocycles. The highest BCUT2D eigenvalue weighted by Gasteiger charge is 2.35. The van der Waals surface area contributed by atoms with Crippen LogP contribution < -0.4 is 11.1 Å². The van der Waals surface area contributed by atoms with Gasteiger partial charge < -0.3 is 20.7 Å². The average Bonchev–Trinajstić information content (AvgIpc) is 3.22. The summed E-state index contributed by atoms with van der Waals surface area (Å²) in [7, 11) is 0. The van der Waals surface area contributed by atoms with Gasteiger partial charge in [-0.1, -0.05) is 0 Å². The molecule has 1 atom stereocenters. The molecule has 4 rings (SSSR count). The summed E-state index contributed by atoms with van der Waals surface area (Å²) in [4.78, 5) is 19.4. The number of amides is 1. The number of hydrogen-bond acceptors (Lipinski definition) is 4. The molecule has 0 bridgehead atoms. The molecule has 7 nitrogen and oxygen atoms in total. The number of rotatable bonds is 2. The summed E-state index contributed by atoms with van der Waals surface area (Å²) in [6, 6.07) is -0.0751. The van der Waals surface area contributed by atoms with Crippen LogP contribution in [0.15, 0.2) is 6.33 Å². The lowest BCUT2D eigenvalue weighted by Gasteiger charge is -2.25. The highest BCUT2D eigenvalue weighted by Crippen LogP contribution is 2.47. The highest BCUT2D eigenvalue weighted by atomic mass is 16.4. The van der Waals surface area contributed by atoms with Gasteiger partial charge in [-0.05, 0) is 37.2 Å². The van der Waals surface area contributed by atoms with Gasteiger partial charge in [-0.25, -0.2) is 14.8 Å². The Balaban J connectivity index is 1.85. The summed E-state index contributed by atoms with van der Waals surface area (Å²) in [5.41, 5.74) is 9.49. The zero-order valence-electron chi connectivity index (χ0n) is 11.5. The van der Waals surface area contributed by atoms with E-state index in [1.165, 1.54) is 30.4 Å². The van der Waals surface area contributed by atoms with Gasteiger partial charge in [0.05, 0.1) is 11.4 Å². The second-order valence-electron chi connectivity index (χ2n) is 5.89. The molecule has 1 fully saturated rings. The fourth-order valence-electron chi connectivity index (χ4n) is 3.46. The standard InChI is InChI=1S/C14H17N5O2/c15-12-11-10(7-1-2-7)9-4-3-8(18-14(20)21)5-19(9)13(11)17-6-16-12/h6-8,18H,1-5H2,(H,20,21)(H2,15,16,17). The van der Waals surface area contributed by atoms with E-state index in [2.05, 4.69) is 19.9 Å². The maximum Gasteiger partial charge on any atom is 0.404 e. The van der Waals surface area contributed by atoms with Crippen molar-refractivity contribution in [3.63, 3.8) is 0 Å². The molecule has 0 spiro atoms. The second-order valence-corrected chi connectivity index (χ2v) is 5.89. The number of carboxylic acid groups (broad SMARTS) is 1. The van der Waals surface area contributed by atoms with Gasteiger partial charge in [-0.3, -0.25) is 0 Å². The van der Waals surface area contributed by atoms with E-state index >= 15 is 0 Å². The number of anilines is 1. The van der Waals surface area contributed by atoms with Gasteiger partial charge in [0, 0.05) is 12.2 Å². The first-order valence-electron chi connectivity index (χ1n) is 7.26. The van der Waals surface area contributed by atoms with E-state index in [-0.39, 0.29) is 6.04 Å². The molecular formula is C14H17N5O2. The molecule has 1 aliphatic carbocycles. The first kappa shape index (κ1) is 12.4. The van der Waals surface area contributed by atoms with Crippen molar-refractivity contribution in [1.82, 2.24) is 19.9 Å². The van der Waals surface area contributed by atoms with Crippen molar-refractivity contribution >= 4 is 22.9 Å². The molecule has 2 aromatic heterocycles. The number of aromatic nitrogens is 3. The van der Waals surface area contributed by atoms with Crippen molar-refractivity contribution in [2.45, 2.75) is 44.2 Å². The number of nitrogens with two attached hydrogens (primary N) is 1. The van der Waals surface area contributed by atoms with E-state index in [9.17, 15) is 4.79 Å². The van der Waals surface area contributed by atoms with Gasteiger partial charge in [0.1, 0.15) is 17.8 Å². The molecule has 1 unspecified atom stereocenters. The van der Waals surface area contributed by atoms with Gasteiger partial charge in [0.2, 0.25) is 0 Å². The van der Waals surface area contributed by atoms with Gasteiger partial charge in [-0.15, -0.1) is 0 Å². The summed E-state index contributed by atoms with van der Waals surface area (Å²) >= 11 is 0. The lowest BCUT2D eigenvalue weighted by molar-refractivity contribution is 0.186. The Labute approximate surface area is 121 Å². The first-order valence-corrected chi connectivity index (χ1v) is 7.26. The van der Waals surface area contributed by atoms with Crippen molar-refractivity contribution < 1.29 is 9.90 Å². The Kier molecular flexibility index (Phi) is 2.57. The summed E-state index contributed by atoms with van der Waals surface area (Å²) in [6.45, 7) is 0.612. The lowest BCUT2D eigenvalue weighted by atomic mass is 9.99. The normalized spacial score (nSPS) is 21.2. The summed E-state index contributed by atoms with van der Waals surface area (Å²) in [5.74, 6) is 1.10. The summed E-state index contributed by atoms with van der Waals surface area (Å²) in [5, 5.41) is 12.5. The van der Waals surface area contributed by atoms with E-state index in [0.29, 0.717) is 18.3 Å². The molecule has 1 aliphatic heterocycles. The molecule has 110 valence electrons. The molecule has 4 N–H and O–H groups in total. The molecule has 7 heteroatoms. The summed E-state index contributed by atoms with van der Waals surface area (Å²) in [6.07, 6.45) is 4.56. The SMILES string of the molecule is Nc1ncnc2c1c(C1CC1)c1n2CC(NC(=O)O)CC1. The maximum absolute atomic E-state index is 10.9. The maximum atomic E-state index is 10.9. The fraction of sp³-hybridized carbons (Fsp3) is 0.500. The van der Waals surface area contributed by atoms with E-state index in [4.69, 9.17) is 10.8 Å². The van der Waals surface area contributed by atoms with Crippen molar-refractivity contribution in [1.29, 1.82) is 0 Å². The minimum absolute atomic E-state index is 0.0751. The molecular weight excluding hydrogens is 270 g/mol. The van der Waals surface area contributed by atoms with E-state index in [0.717, 1.165) is 23.9 Å². The molecule has 0 saturated heterocycles. The topological polar surface area (TPSA) is 106 Å². The lowest BCUT2D eigenvalue weighted by Crippen LogP contribution is -2.40. The minimum Gasteiger partial charge on any atom is -0.465 e. The molecule has 2 aliphatic rings. The van der Waals surface area contributed by atoms with Crippen molar-refractivity contribution in [2.24, 2.45) is 0 Å². The third-order valence-electron chi connectivity index (χ3n) is 4.46. The molecule has 21 heavy (non-hydrogen) atoms. The zero-order valence-corrected chi connectivity index (χ0v) is 11.5. The Bertz CT molecular complexity index is 735.